The van der Waals surface area contributed by atoms with E-state index in [-0.39, 0.29) is 24.1 Å². The number of anilines is 2. The molecule has 1 saturated heterocycles. The molecule has 1 atom stereocenters. The molecule has 1 aromatic heterocycles. The Balaban J connectivity index is 1.39. The number of carbonyl (C=O) groups is 2. The highest BCUT2D eigenvalue weighted by Gasteiger charge is 2.27. The predicted octanol–water partition coefficient (Wildman–Crippen LogP) is 3.12. The lowest BCUT2D eigenvalue weighted by molar-refractivity contribution is -0.136. The number of piperazine rings is 1. The lowest BCUT2D eigenvalue weighted by Crippen LogP contribution is -2.50. The van der Waals surface area contributed by atoms with Crippen LogP contribution in [0.15, 0.2) is 67.0 Å². The highest BCUT2D eigenvalue weighted by Crippen LogP contribution is 2.24. The van der Waals surface area contributed by atoms with Crippen LogP contribution in [0, 0.1) is 17.5 Å². The molecule has 0 radical (unpaired) electrons. The minimum atomic E-state index is -1.05. The van der Waals surface area contributed by atoms with Gasteiger partial charge in [-0.2, -0.15) is 0 Å². The Morgan fingerprint density at radius 2 is 1.63 bits per heavy atom. The first-order chi connectivity index (χ1) is 16.9. The van der Waals surface area contributed by atoms with Crippen molar-refractivity contribution in [1.82, 2.24) is 15.2 Å². The van der Waals surface area contributed by atoms with E-state index in [0.717, 1.165) is 23.4 Å². The Morgan fingerprint density at radius 1 is 0.914 bits per heavy atom. The van der Waals surface area contributed by atoms with Crippen LogP contribution in [0.25, 0.3) is 0 Å². The van der Waals surface area contributed by atoms with E-state index in [1.165, 1.54) is 12.1 Å². The second-order valence-corrected chi connectivity index (χ2v) is 8.09. The summed E-state index contributed by atoms with van der Waals surface area (Å²) in [7, 11) is 0. The van der Waals surface area contributed by atoms with Gasteiger partial charge in [0.25, 0.3) is 0 Å². The van der Waals surface area contributed by atoms with Crippen molar-refractivity contribution in [3.05, 3.63) is 90.0 Å². The number of nitrogens with one attached hydrogen (secondary N) is 2. The maximum absolute atomic E-state index is 13.8. The van der Waals surface area contributed by atoms with Crippen molar-refractivity contribution in [3.63, 3.8) is 0 Å². The summed E-state index contributed by atoms with van der Waals surface area (Å²) in [5, 5.41) is 4.76. The smallest absolute Gasteiger partial charge is 0.313 e. The molecule has 1 aliphatic rings. The van der Waals surface area contributed by atoms with Crippen molar-refractivity contribution in [1.29, 1.82) is 0 Å². The third-order valence-electron chi connectivity index (χ3n) is 5.86. The van der Waals surface area contributed by atoms with E-state index in [4.69, 9.17) is 0 Å². The molecule has 0 aliphatic carbocycles. The molecule has 0 spiro atoms. The van der Waals surface area contributed by atoms with E-state index in [9.17, 15) is 22.8 Å². The van der Waals surface area contributed by atoms with E-state index in [1.54, 1.807) is 30.6 Å². The average molecular weight is 483 g/mol. The highest BCUT2D eigenvalue weighted by atomic mass is 19.1. The maximum Gasteiger partial charge on any atom is 0.313 e. The molecule has 3 aromatic rings. The number of benzene rings is 2. The average Bonchev–Trinajstić information content (AvgIpc) is 2.87. The summed E-state index contributed by atoms with van der Waals surface area (Å²) < 4.78 is 40.1. The molecular formula is C25H24F3N5O2. The van der Waals surface area contributed by atoms with Crippen LogP contribution in [-0.2, 0) is 9.59 Å². The van der Waals surface area contributed by atoms with Gasteiger partial charge in [-0.1, -0.05) is 6.07 Å². The number of hydrogen-bond acceptors (Lipinski definition) is 5. The zero-order chi connectivity index (χ0) is 24.8. The number of aromatic nitrogens is 1. The molecule has 2 N–H and O–H groups in total. The summed E-state index contributed by atoms with van der Waals surface area (Å²) in [4.78, 5) is 33.2. The van der Waals surface area contributed by atoms with Crippen molar-refractivity contribution < 1.29 is 22.8 Å². The molecule has 1 unspecified atom stereocenters. The van der Waals surface area contributed by atoms with Crippen LogP contribution >= 0.6 is 0 Å². The quantitative estimate of drug-likeness (QED) is 0.527. The SMILES string of the molecule is O=C(NCC(c1cccnc1)N1CCN(c2ccc(F)cc2)CC1)C(=O)Nc1ccc(F)cc1F. The van der Waals surface area contributed by atoms with Gasteiger partial charge in [0.1, 0.15) is 17.5 Å². The summed E-state index contributed by atoms with van der Waals surface area (Å²) in [5.74, 6) is -4.04. The lowest BCUT2D eigenvalue weighted by Gasteiger charge is -2.40. The van der Waals surface area contributed by atoms with E-state index in [0.29, 0.717) is 32.2 Å². The summed E-state index contributed by atoms with van der Waals surface area (Å²) in [6.45, 7) is 2.85. The number of hydrogen-bond donors (Lipinski definition) is 2. The number of rotatable bonds is 6. The molecular weight excluding hydrogens is 459 g/mol. The van der Waals surface area contributed by atoms with Gasteiger partial charge in [-0.25, -0.2) is 13.2 Å². The molecule has 2 amide bonds. The normalized spacial score (nSPS) is 14.9. The van der Waals surface area contributed by atoms with Crippen LogP contribution in [0.2, 0.25) is 0 Å². The minimum absolute atomic E-state index is 0.125. The van der Waals surface area contributed by atoms with Gasteiger partial charge in [0, 0.05) is 56.9 Å². The van der Waals surface area contributed by atoms with E-state index in [2.05, 4.69) is 25.4 Å². The summed E-state index contributed by atoms with van der Waals surface area (Å²) in [6.07, 6.45) is 3.35. The third kappa shape index (κ3) is 6.15. The van der Waals surface area contributed by atoms with Gasteiger partial charge in [0.05, 0.1) is 11.7 Å². The van der Waals surface area contributed by atoms with E-state index >= 15 is 0 Å². The number of nitrogens with zero attached hydrogens (tertiary/aromatic N) is 3. The highest BCUT2D eigenvalue weighted by molar-refractivity contribution is 6.39. The molecule has 10 heteroatoms. The van der Waals surface area contributed by atoms with Gasteiger partial charge in [0.2, 0.25) is 0 Å². The molecule has 7 nitrogen and oxygen atoms in total. The topological polar surface area (TPSA) is 77.6 Å². The Bertz CT molecular complexity index is 1170. The Hall–Kier alpha value is -3.92. The van der Waals surface area contributed by atoms with E-state index in [1.807, 2.05) is 6.07 Å². The third-order valence-corrected chi connectivity index (χ3v) is 5.86. The Morgan fingerprint density at radius 3 is 2.29 bits per heavy atom. The standard InChI is InChI=1S/C25H24F3N5O2/c26-18-3-6-20(7-4-18)32-10-12-33(13-11-32)23(17-2-1-9-29-15-17)16-30-24(34)25(35)31-22-8-5-19(27)14-21(22)28/h1-9,14-15,23H,10-13,16H2,(H,30,34)(H,31,35). The van der Waals surface area contributed by atoms with E-state index < -0.39 is 23.4 Å². The summed E-state index contributed by atoms with van der Waals surface area (Å²) >= 11 is 0. The van der Waals surface area contributed by atoms with Gasteiger partial charge in [-0.05, 0) is 48.0 Å². The molecule has 1 aliphatic heterocycles. The number of amides is 2. The zero-order valence-corrected chi connectivity index (χ0v) is 18.8. The van der Waals surface area contributed by atoms with Crippen molar-refractivity contribution >= 4 is 23.2 Å². The molecule has 1 fully saturated rings. The van der Waals surface area contributed by atoms with Crippen LogP contribution in [0.5, 0.6) is 0 Å². The summed E-state index contributed by atoms with van der Waals surface area (Å²) in [6, 6.07) is 12.4. The molecule has 0 bridgehead atoms. The zero-order valence-electron chi connectivity index (χ0n) is 18.8. The maximum atomic E-state index is 13.8. The minimum Gasteiger partial charge on any atom is -0.369 e. The molecule has 2 heterocycles. The second-order valence-electron chi connectivity index (χ2n) is 8.09. The van der Waals surface area contributed by atoms with Crippen LogP contribution in [0.3, 0.4) is 0 Å². The predicted molar refractivity (Wildman–Crippen MR) is 125 cm³/mol. The molecule has 4 rings (SSSR count). The fourth-order valence-electron chi connectivity index (χ4n) is 4.01. The van der Waals surface area contributed by atoms with Gasteiger partial charge in [-0.15, -0.1) is 0 Å². The Labute approximate surface area is 200 Å². The molecule has 35 heavy (non-hydrogen) atoms. The molecule has 0 saturated carbocycles. The van der Waals surface area contributed by atoms with Crippen LogP contribution in [0.4, 0.5) is 24.5 Å². The van der Waals surface area contributed by atoms with Gasteiger partial charge in [0.15, 0.2) is 0 Å². The van der Waals surface area contributed by atoms with Crippen LogP contribution < -0.4 is 15.5 Å². The number of carbonyl (C=O) groups excluding carboxylic acids is 2. The first-order valence-electron chi connectivity index (χ1n) is 11.1. The van der Waals surface area contributed by atoms with Crippen molar-refractivity contribution in [2.45, 2.75) is 6.04 Å². The lowest BCUT2D eigenvalue weighted by atomic mass is 10.1. The van der Waals surface area contributed by atoms with Crippen LogP contribution in [0.1, 0.15) is 11.6 Å². The van der Waals surface area contributed by atoms with Gasteiger partial charge >= 0.3 is 11.8 Å². The fourth-order valence-corrected chi connectivity index (χ4v) is 4.01. The second kappa shape index (κ2) is 11.0. The van der Waals surface area contributed by atoms with Gasteiger partial charge < -0.3 is 15.5 Å². The number of pyridine rings is 1. The van der Waals surface area contributed by atoms with Gasteiger partial charge in [-0.3, -0.25) is 19.5 Å². The fraction of sp³-hybridized carbons (Fsp3) is 0.240. The molecule has 2 aromatic carbocycles. The first-order valence-corrected chi connectivity index (χ1v) is 11.1. The van der Waals surface area contributed by atoms with Crippen molar-refractivity contribution in [3.8, 4) is 0 Å². The first kappa shape index (κ1) is 24.2. The monoisotopic (exact) mass is 483 g/mol. The van der Waals surface area contributed by atoms with Crippen molar-refractivity contribution in [2.75, 3.05) is 42.9 Å². The van der Waals surface area contributed by atoms with Crippen molar-refractivity contribution in [2.24, 2.45) is 0 Å². The van der Waals surface area contributed by atoms with Crippen LogP contribution in [-0.4, -0.2) is 54.4 Å². The summed E-state index contributed by atoms with van der Waals surface area (Å²) in [5.41, 5.74) is 1.52. The number of halogens is 3. The largest absolute Gasteiger partial charge is 0.369 e. The molecule has 182 valence electrons. The Kier molecular flexibility index (Phi) is 7.61.